The largest absolute Gasteiger partial charge is 0.426 e. The van der Waals surface area contributed by atoms with Crippen molar-refractivity contribution in [1.82, 2.24) is 10.8 Å². The molecular weight excluding hydrogens is 1450 g/mol. The van der Waals surface area contributed by atoms with E-state index in [1.165, 1.54) is 89.5 Å². The van der Waals surface area contributed by atoms with E-state index in [1.807, 2.05) is 0 Å². The Labute approximate surface area is 621 Å². The van der Waals surface area contributed by atoms with E-state index in [2.05, 4.69) is 23.0 Å². The molecule has 5 saturated heterocycles. The summed E-state index contributed by atoms with van der Waals surface area (Å²) < 4.78 is 103. The van der Waals surface area contributed by atoms with Gasteiger partial charge in [0.25, 0.3) is 5.91 Å². The van der Waals surface area contributed by atoms with Crippen LogP contribution in [0.15, 0.2) is 47.9 Å². The lowest BCUT2D eigenvalue weighted by atomic mass is 9.86. The van der Waals surface area contributed by atoms with Crippen LogP contribution in [0, 0.1) is 11.8 Å². The molecule has 33 nitrogen and oxygen atoms in total. The third-order valence-electron chi connectivity index (χ3n) is 19.9. The van der Waals surface area contributed by atoms with Gasteiger partial charge in [-0.2, -0.15) is 13.2 Å². The summed E-state index contributed by atoms with van der Waals surface area (Å²) in [5.74, 6) is -6.79. The average Bonchev–Trinajstić information content (AvgIpc) is 1.36. The zero-order chi connectivity index (χ0) is 78.3. The number of benzene rings is 1. The van der Waals surface area contributed by atoms with Crippen molar-refractivity contribution in [2.24, 2.45) is 11.8 Å². The predicted octanol–water partition coefficient (Wildman–Crippen LogP) is -0.544. The van der Waals surface area contributed by atoms with Crippen LogP contribution in [0.1, 0.15) is 135 Å². The van der Waals surface area contributed by atoms with Gasteiger partial charge in [0.15, 0.2) is 25.2 Å². The number of aliphatic hydroxyl groups is 16. The van der Waals surface area contributed by atoms with Gasteiger partial charge in [0.1, 0.15) is 103 Å². The number of unbranched alkanes of at least 4 members (excludes halogenated alkanes) is 14. The molecule has 0 radical (unpaired) electrons. The molecule has 5 fully saturated rings. The maximum absolute atomic E-state index is 14.2. The first-order valence-corrected chi connectivity index (χ1v) is 37.5. The van der Waals surface area contributed by atoms with Crippen LogP contribution < -0.4 is 16.1 Å². The van der Waals surface area contributed by atoms with Crippen molar-refractivity contribution in [3.05, 3.63) is 52.7 Å². The minimum absolute atomic E-state index is 0.0339. The van der Waals surface area contributed by atoms with E-state index < -0.39 is 240 Å². The quantitative estimate of drug-likeness (QED) is 0.0130. The molecule has 5 aliphatic heterocycles. The molecule has 0 bridgehead atoms. The summed E-state index contributed by atoms with van der Waals surface area (Å²) in [5, 5.41) is 183. The molecule has 612 valence electrons. The van der Waals surface area contributed by atoms with Crippen LogP contribution >= 0.6 is 11.3 Å². The van der Waals surface area contributed by atoms with E-state index in [0.29, 0.717) is 24.2 Å². The molecule has 6 heterocycles. The number of amides is 2. The Bertz CT molecular complexity index is 2960. The first-order chi connectivity index (χ1) is 51.1. The summed E-state index contributed by atoms with van der Waals surface area (Å²) in [6.45, 7) is -1.17. The van der Waals surface area contributed by atoms with E-state index in [-0.39, 0.29) is 29.7 Å². The molecule has 2 amide bonds. The van der Waals surface area contributed by atoms with Crippen LogP contribution in [0.4, 0.5) is 18.9 Å². The van der Waals surface area contributed by atoms with E-state index in [0.717, 1.165) is 49.6 Å². The highest BCUT2D eigenvalue weighted by Crippen LogP contribution is 2.47. The van der Waals surface area contributed by atoms with Crippen LogP contribution in [-0.4, -0.2) is 299 Å². The van der Waals surface area contributed by atoms with Gasteiger partial charge in [-0.15, -0.1) is 11.3 Å². The molecule has 107 heavy (non-hydrogen) atoms. The second-order valence-electron chi connectivity index (χ2n) is 27.9. The molecule has 1 aromatic carbocycles. The number of anilines is 1. The number of hydroxylamine groups is 1. The lowest BCUT2D eigenvalue weighted by Crippen LogP contribution is -2.70. The van der Waals surface area contributed by atoms with Crippen LogP contribution in [0.5, 0.6) is 0 Å². The summed E-state index contributed by atoms with van der Waals surface area (Å²) >= 11 is 0.354. The Balaban J connectivity index is 1.10. The van der Waals surface area contributed by atoms with Crippen LogP contribution in [-0.2, 0) is 72.8 Å². The number of ether oxygens (including phenoxy) is 10. The number of hydrogen-bond acceptors (Lipinski definition) is 32. The molecule has 0 saturated carbocycles. The molecule has 24 unspecified atom stereocenters. The Kier molecular flexibility index (Phi) is 36.8. The third-order valence-corrected chi connectivity index (χ3v) is 21.0. The third kappa shape index (κ3) is 24.4. The normalized spacial score (nSPS) is 34.8. The average molecular weight is 1560 g/mol. The topological polar surface area (TPSA) is 513 Å². The number of hydrogen-bond donors (Lipinski definition) is 19. The standard InChI is InChI=1S/C70H110F3N3O30S/c1-4-5-6-7-8-9-10-11-12-13-14-15-16-17-21-24-48(86)74-39(41(83)25-26-49(87)75-40-34-107-64(70(71,72)73)50(40)38-22-19-18-20-23-38)33-96-66-57(94)55(92)61(46(31-80)100-66)103-68-58(95)63(106-69(76-97-35-82)27-42(84)36(2)60(105-69)51(88)43(85)28-77)62(47(32-81)101-68)104-65-37(3)59(53(90)45(30-79)98-65)102-67-56(93)54(91)52(89)44(29-78)99-67/h18-20,22-23,25-26,34-37,39,41-47,51-63,65-68,76-81,83-85,88-95H,4-17,21,24,27-33H2,1-3H3,(H,74,86)(H,75,87)/t36?,37?,39-,41+,42?,43+,44?,45?,46?,47?,51+,52?,53?,54?,55?,56?,57?,58?,59?,60?,61?,62?,63?,65?,66?,67?,68?,69?/m0/s1. The van der Waals surface area contributed by atoms with E-state index >= 15 is 0 Å². The van der Waals surface area contributed by atoms with Gasteiger partial charge < -0.3 is 145 Å². The Morgan fingerprint density at radius 1 is 0.636 bits per heavy atom. The van der Waals surface area contributed by atoms with Crippen LogP contribution in [0.25, 0.3) is 11.1 Å². The Hall–Kier alpha value is -4.22. The van der Waals surface area contributed by atoms with Crippen molar-refractivity contribution < 1.29 is 161 Å². The molecular formula is C70H110F3N3O30S. The smallest absolute Gasteiger partial charge is 0.394 e. The lowest BCUT2D eigenvalue weighted by Gasteiger charge is -2.53. The number of alkyl halides is 3. The minimum Gasteiger partial charge on any atom is -0.394 e. The van der Waals surface area contributed by atoms with E-state index in [4.69, 9.17) is 52.2 Å². The molecule has 5 aliphatic rings. The van der Waals surface area contributed by atoms with Gasteiger partial charge in [-0.05, 0) is 18.1 Å². The predicted molar refractivity (Wildman–Crippen MR) is 366 cm³/mol. The summed E-state index contributed by atoms with van der Waals surface area (Å²) in [6, 6.07) is 6.02. The van der Waals surface area contributed by atoms with Gasteiger partial charge in [0.05, 0.1) is 75.8 Å². The highest BCUT2D eigenvalue weighted by atomic mass is 32.1. The molecule has 37 heteroatoms. The fourth-order valence-corrected chi connectivity index (χ4v) is 14.6. The van der Waals surface area contributed by atoms with E-state index in [9.17, 15) is 109 Å². The van der Waals surface area contributed by atoms with Crippen molar-refractivity contribution >= 4 is 35.3 Å². The number of nitrogens with one attached hydrogen (secondary N) is 3. The number of aliphatic hydroxyl groups excluding tert-OH is 16. The lowest BCUT2D eigenvalue weighted by molar-refractivity contribution is -0.426. The van der Waals surface area contributed by atoms with Crippen molar-refractivity contribution in [2.75, 3.05) is 45.0 Å². The van der Waals surface area contributed by atoms with Crippen LogP contribution in [0.3, 0.4) is 0 Å². The van der Waals surface area contributed by atoms with Gasteiger partial charge >= 0.3 is 12.6 Å². The SMILES string of the molecule is CCCCCCCCCCCCCCCCCC(=O)N[C@@H](COC1OC(CO)C(OC2OC(CO)C(OC3OC(CO)C(O)C(OC4OC(CO)C(O)C(O)C4O)C3C)C(OC3(NOC=O)CC(O)C(C)C([C@H](O)[C@H](O)CO)O3)C2O)C(O)C1O)[C@H](O)C=CC(=O)Nc1csc(C(F)(F)F)c1-c1ccccc1. The second kappa shape index (κ2) is 43.7. The zero-order valence-electron chi connectivity index (χ0n) is 60.0. The monoisotopic (exact) mass is 1560 g/mol. The first kappa shape index (κ1) is 90.0. The molecule has 19 N–H and O–H groups in total. The van der Waals surface area contributed by atoms with Gasteiger partial charge in [-0.3, -0.25) is 14.4 Å². The van der Waals surface area contributed by atoms with Crippen molar-refractivity contribution in [1.29, 1.82) is 0 Å². The van der Waals surface area contributed by atoms with E-state index in [1.54, 1.807) is 6.07 Å². The molecule has 28 atom stereocenters. The maximum atomic E-state index is 14.2. The summed E-state index contributed by atoms with van der Waals surface area (Å²) in [5.41, 5.74) is 1.82. The van der Waals surface area contributed by atoms with Gasteiger partial charge in [0, 0.05) is 41.7 Å². The molecule has 1 aromatic heterocycles. The fourth-order valence-electron chi connectivity index (χ4n) is 13.7. The van der Waals surface area contributed by atoms with Gasteiger partial charge in [-0.1, -0.05) is 146 Å². The molecule has 0 aliphatic carbocycles. The fraction of sp³-hybridized carbons (Fsp3) is 0.786. The Morgan fingerprint density at radius 3 is 1.76 bits per heavy atom. The molecule has 2 aromatic rings. The minimum atomic E-state index is -4.79. The summed E-state index contributed by atoms with van der Waals surface area (Å²) in [6.07, 6.45) is -33.9. The number of halogens is 3. The summed E-state index contributed by atoms with van der Waals surface area (Å²) in [7, 11) is 0. The number of rotatable bonds is 43. The van der Waals surface area contributed by atoms with Crippen molar-refractivity contribution in [3.63, 3.8) is 0 Å². The van der Waals surface area contributed by atoms with Gasteiger partial charge in [-0.25, -0.2) is 0 Å². The Morgan fingerprint density at radius 2 is 1.17 bits per heavy atom. The highest BCUT2D eigenvalue weighted by Gasteiger charge is 2.60. The number of carbonyl (C=O) groups is 3. The summed E-state index contributed by atoms with van der Waals surface area (Å²) in [4.78, 5) is 42.9. The second-order valence-corrected chi connectivity index (χ2v) is 28.7. The van der Waals surface area contributed by atoms with Crippen molar-refractivity contribution in [2.45, 2.75) is 295 Å². The van der Waals surface area contributed by atoms with Crippen molar-refractivity contribution in [3.8, 4) is 11.1 Å². The number of thiophene rings is 1. The zero-order valence-corrected chi connectivity index (χ0v) is 60.8. The van der Waals surface area contributed by atoms with Crippen LogP contribution in [0.2, 0.25) is 0 Å². The highest BCUT2D eigenvalue weighted by molar-refractivity contribution is 7.11. The van der Waals surface area contributed by atoms with Gasteiger partial charge in [0.2, 0.25) is 11.8 Å². The number of carbonyl (C=O) groups excluding carboxylic acids is 3. The molecule has 0 spiro atoms. The maximum Gasteiger partial charge on any atom is 0.426 e. The first-order valence-electron chi connectivity index (χ1n) is 36.6. The molecule has 7 rings (SSSR count).